The summed E-state index contributed by atoms with van der Waals surface area (Å²) in [6.45, 7) is 6.87. The van der Waals surface area contributed by atoms with Gasteiger partial charge in [-0.2, -0.15) is 4.37 Å². The van der Waals surface area contributed by atoms with E-state index in [1.165, 1.54) is 38.6 Å². The molecule has 1 aliphatic carbocycles. The van der Waals surface area contributed by atoms with Gasteiger partial charge in [0.25, 0.3) is 0 Å². The van der Waals surface area contributed by atoms with Crippen molar-refractivity contribution in [2.75, 3.05) is 31.1 Å². The van der Waals surface area contributed by atoms with E-state index in [-0.39, 0.29) is 0 Å². The second kappa shape index (κ2) is 6.18. The summed E-state index contributed by atoms with van der Waals surface area (Å²) in [7, 11) is 0. The van der Waals surface area contributed by atoms with E-state index in [9.17, 15) is 0 Å². The first kappa shape index (κ1) is 13.3. The van der Waals surface area contributed by atoms with Gasteiger partial charge in [-0.3, -0.25) is 0 Å². The first-order valence-corrected chi connectivity index (χ1v) is 8.43. The summed E-state index contributed by atoms with van der Waals surface area (Å²) in [5.74, 6) is 2.63. The molecule has 2 aliphatic rings. The van der Waals surface area contributed by atoms with Crippen molar-refractivity contribution < 1.29 is 0 Å². The van der Waals surface area contributed by atoms with Crippen LogP contribution in [0.4, 0.5) is 5.13 Å². The Morgan fingerprint density at radius 3 is 2.74 bits per heavy atom. The number of aromatic nitrogens is 2. The minimum atomic E-state index is 0.681. The molecule has 1 aliphatic heterocycles. The molecule has 2 heterocycles. The Hall–Kier alpha value is -0.680. The predicted molar refractivity (Wildman–Crippen MR) is 80.0 cm³/mol. The number of hydrogen-bond acceptors (Lipinski definition) is 5. The zero-order valence-electron chi connectivity index (χ0n) is 11.8. The third kappa shape index (κ3) is 3.45. The van der Waals surface area contributed by atoms with Gasteiger partial charge in [-0.25, -0.2) is 4.98 Å². The van der Waals surface area contributed by atoms with Crippen molar-refractivity contribution in [2.24, 2.45) is 5.92 Å². The number of hydrogen-bond donors (Lipinski definition) is 1. The summed E-state index contributed by atoms with van der Waals surface area (Å²) >= 11 is 1.60. The van der Waals surface area contributed by atoms with E-state index >= 15 is 0 Å². The second-order valence-corrected chi connectivity index (χ2v) is 6.57. The molecule has 0 aromatic carbocycles. The van der Waals surface area contributed by atoms with Crippen LogP contribution in [0.1, 0.15) is 50.8 Å². The number of piperidine rings is 1. The fraction of sp³-hybridized carbons (Fsp3) is 0.857. The van der Waals surface area contributed by atoms with Gasteiger partial charge in [0.2, 0.25) is 5.13 Å². The fourth-order valence-electron chi connectivity index (χ4n) is 2.67. The summed E-state index contributed by atoms with van der Waals surface area (Å²) in [6, 6.07) is 0. The smallest absolute Gasteiger partial charge is 0.205 e. The van der Waals surface area contributed by atoms with Crippen LogP contribution >= 0.6 is 11.5 Å². The maximum Gasteiger partial charge on any atom is 0.205 e. The zero-order valence-corrected chi connectivity index (χ0v) is 12.6. The molecule has 1 saturated carbocycles. The summed E-state index contributed by atoms with van der Waals surface area (Å²) < 4.78 is 4.51. The normalized spacial score (nSPS) is 21.0. The van der Waals surface area contributed by atoms with Gasteiger partial charge >= 0.3 is 0 Å². The van der Waals surface area contributed by atoms with Gasteiger partial charge in [0.15, 0.2) is 0 Å². The van der Waals surface area contributed by atoms with Gasteiger partial charge in [-0.15, -0.1) is 0 Å². The highest BCUT2D eigenvalue weighted by atomic mass is 32.1. The highest BCUT2D eigenvalue weighted by molar-refractivity contribution is 7.09. The second-order valence-electron chi connectivity index (χ2n) is 5.84. The van der Waals surface area contributed by atoms with E-state index in [1.54, 1.807) is 11.5 Å². The lowest BCUT2D eigenvalue weighted by Gasteiger charge is -2.31. The minimum absolute atomic E-state index is 0.681. The molecule has 0 spiro atoms. The molecular weight excluding hydrogens is 256 g/mol. The van der Waals surface area contributed by atoms with Crippen LogP contribution in [0.15, 0.2) is 0 Å². The number of nitrogens with one attached hydrogen (secondary N) is 1. The van der Waals surface area contributed by atoms with Gasteiger partial charge in [-0.1, -0.05) is 6.92 Å². The number of nitrogens with zero attached hydrogens (tertiary/aromatic N) is 3. The van der Waals surface area contributed by atoms with Crippen LogP contribution < -0.4 is 10.2 Å². The van der Waals surface area contributed by atoms with Crippen molar-refractivity contribution in [1.82, 2.24) is 14.7 Å². The molecule has 1 aromatic heterocycles. The summed E-state index contributed by atoms with van der Waals surface area (Å²) in [5, 5.41) is 4.70. The lowest BCUT2D eigenvalue weighted by atomic mass is 9.97. The van der Waals surface area contributed by atoms with E-state index in [0.29, 0.717) is 5.92 Å². The van der Waals surface area contributed by atoms with E-state index in [0.717, 1.165) is 36.5 Å². The molecule has 1 N–H and O–H groups in total. The van der Waals surface area contributed by atoms with Gasteiger partial charge < -0.3 is 10.2 Å². The SMILES string of the molecule is CCCNCC1CCN(c2nc(C3CC3)ns2)CC1. The first-order chi connectivity index (χ1) is 9.36. The maximum atomic E-state index is 4.71. The van der Waals surface area contributed by atoms with Crippen LogP contribution in [0, 0.1) is 5.92 Å². The van der Waals surface area contributed by atoms with E-state index in [4.69, 9.17) is 4.98 Å². The number of anilines is 1. The third-order valence-electron chi connectivity index (χ3n) is 4.12. The van der Waals surface area contributed by atoms with Crippen molar-refractivity contribution in [3.63, 3.8) is 0 Å². The molecule has 0 atom stereocenters. The fourth-order valence-corrected chi connectivity index (χ4v) is 3.47. The minimum Gasteiger partial charge on any atom is -0.347 e. The molecule has 19 heavy (non-hydrogen) atoms. The van der Waals surface area contributed by atoms with Gasteiger partial charge in [0.1, 0.15) is 5.82 Å². The summed E-state index contributed by atoms with van der Waals surface area (Å²) in [6.07, 6.45) is 6.39. The average molecular weight is 280 g/mol. The molecule has 0 bridgehead atoms. The highest BCUT2D eigenvalue weighted by Crippen LogP contribution is 2.40. The molecule has 3 rings (SSSR count). The predicted octanol–water partition coefficient (Wildman–Crippen LogP) is 2.63. The lowest BCUT2D eigenvalue weighted by molar-refractivity contribution is 0.383. The van der Waals surface area contributed by atoms with Crippen LogP contribution in [0.3, 0.4) is 0 Å². The molecule has 5 heteroatoms. The van der Waals surface area contributed by atoms with Crippen molar-refractivity contribution >= 4 is 16.7 Å². The topological polar surface area (TPSA) is 41.0 Å². The number of rotatable bonds is 6. The molecule has 0 radical (unpaired) electrons. The molecule has 0 unspecified atom stereocenters. The highest BCUT2D eigenvalue weighted by Gasteiger charge is 2.29. The Balaban J connectivity index is 1.46. The third-order valence-corrected chi connectivity index (χ3v) is 4.91. The van der Waals surface area contributed by atoms with Crippen LogP contribution in [-0.2, 0) is 0 Å². The molecule has 1 aromatic rings. The monoisotopic (exact) mass is 280 g/mol. The molecule has 0 amide bonds. The summed E-state index contributed by atoms with van der Waals surface area (Å²) in [5.41, 5.74) is 0. The molecule has 4 nitrogen and oxygen atoms in total. The van der Waals surface area contributed by atoms with Gasteiger partial charge in [0, 0.05) is 30.5 Å². The standard InChI is InChI=1S/C14H24N4S/c1-2-7-15-10-11-5-8-18(9-6-11)14-16-13(17-19-14)12-3-4-12/h11-12,15H,2-10H2,1H3. The van der Waals surface area contributed by atoms with E-state index in [2.05, 4.69) is 21.5 Å². The Morgan fingerprint density at radius 1 is 1.26 bits per heavy atom. The molecule has 2 fully saturated rings. The van der Waals surface area contributed by atoms with Gasteiger partial charge in [-0.05, 0) is 51.1 Å². The Kier molecular flexibility index (Phi) is 4.33. The largest absolute Gasteiger partial charge is 0.347 e. The van der Waals surface area contributed by atoms with Crippen LogP contribution in [0.2, 0.25) is 0 Å². The van der Waals surface area contributed by atoms with E-state index in [1.807, 2.05) is 0 Å². The van der Waals surface area contributed by atoms with Crippen LogP contribution in [0.25, 0.3) is 0 Å². The van der Waals surface area contributed by atoms with Gasteiger partial charge in [0.05, 0.1) is 0 Å². The summed E-state index contributed by atoms with van der Waals surface area (Å²) in [4.78, 5) is 7.14. The Labute approximate surface area is 119 Å². The molecule has 1 saturated heterocycles. The van der Waals surface area contributed by atoms with Crippen molar-refractivity contribution in [1.29, 1.82) is 0 Å². The average Bonchev–Trinajstić information content (AvgIpc) is 3.18. The first-order valence-electron chi connectivity index (χ1n) is 7.66. The van der Waals surface area contributed by atoms with Crippen molar-refractivity contribution in [3.8, 4) is 0 Å². The van der Waals surface area contributed by atoms with Crippen molar-refractivity contribution in [3.05, 3.63) is 5.82 Å². The maximum absolute atomic E-state index is 4.71. The lowest BCUT2D eigenvalue weighted by Crippen LogP contribution is -2.37. The van der Waals surface area contributed by atoms with E-state index < -0.39 is 0 Å². The molecular formula is C14H24N4S. The zero-order chi connectivity index (χ0) is 13.1. The molecule has 106 valence electrons. The van der Waals surface area contributed by atoms with Crippen LogP contribution in [-0.4, -0.2) is 35.5 Å². The quantitative estimate of drug-likeness (QED) is 0.813. The Bertz CT molecular complexity index is 394. The Morgan fingerprint density at radius 2 is 2.05 bits per heavy atom. The van der Waals surface area contributed by atoms with Crippen LogP contribution in [0.5, 0.6) is 0 Å². The van der Waals surface area contributed by atoms with Crippen molar-refractivity contribution in [2.45, 2.75) is 44.9 Å².